The molecule has 5 heteroatoms. The van der Waals surface area contributed by atoms with Crippen molar-refractivity contribution in [2.45, 2.75) is 52.7 Å². The molecule has 168 valence electrons. The summed E-state index contributed by atoms with van der Waals surface area (Å²) in [7, 11) is 0. The molecule has 1 N–H and O–H groups in total. The SMILES string of the molecule is CC1=CC(=O)O[C@@H]1[C@@H](C)CC=CC1=C2C(=O)N[C@@H](Cc3ccccc3)[C@@H]2[C@H](C)[C@@H](C)C1=O. The second kappa shape index (κ2) is 8.89. The fourth-order valence-electron chi connectivity index (χ4n) is 5.37. The predicted octanol–water partition coefficient (Wildman–Crippen LogP) is 3.95. The summed E-state index contributed by atoms with van der Waals surface area (Å²) in [6.45, 7) is 7.97. The lowest BCUT2D eigenvalue weighted by Crippen LogP contribution is -2.39. The van der Waals surface area contributed by atoms with Crippen molar-refractivity contribution in [2.24, 2.45) is 23.7 Å². The minimum Gasteiger partial charge on any atom is -0.454 e. The highest BCUT2D eigenvalue weighted by Crippen LogP contribution is 2.43. The van der Waals surface area contributed by atoms with Gasteiger partial charge < -0.3 is 10.1 Å². The molecule has 32 heavy (non-hydrogen) atoms. The first-order valence-electron chi connectivity index (χ1n) is 11.5. The number of carbonyl (C=O) groups excluding carboxylic acids is 3. The van der Waals surface area contributed by atoms with Crippen LogP contribution in [-0.4, -0.2) is 29.8 Å². The van der Waals surface area contributed by atoms with Crippen LogP contribution in [0.15, 0.2) is 65.3 Å². The van der Waals surface area contributed by atoms with E-state index in [0.717, 1.165) is 12.0 Å². The van der Waals surface area contributed by atoms with E-state index in [9.17, 15) is 14.4 Å². The summed E-state index contributed by atoms with van der Waals surface area (Å²) >= 11 is 0. The number of rotatable bonds is 6. The zero-order chi connectivity index (χ0) is 23.0. The number of cyclic esters (lactones) is 1. The van der Waals surface area contributed by atoms with Gasteiger partial charge in [0, 0.05) is 41.0 Å². The number of carbonyl (C=O) groups is 3. The molecule has 1 saturated heterocycles. The number of ether oxygens (including phenoxy) is 1. The third kappa shape index (κ3) is 4.08. The molecule has 4 rings (SSSR count). The molecule has 1 amide bonds. The van der Waals surface area contributed by atoms with E-state index in [4.69, 9.17) is 4.74 Å². The summed E-state index contributed by atoms with van der Waals surface area (Å²) in [6.07, 6.45) is 6.47. The van der Waals surface area contributed by atoms with Crippen molar-refractivity contribution in [3.63, 3.8) is 0 Å². The lowest BCUT2D eigenvalue weighted by atomic mass is 9.68. The number of Topliss-reactive ketones (excluding diaryl/α,β-unsaturated/α-hetero) is 1. The van der Waals surface area contributed by atoms with Crippen LogP contribution in [0.25, 0.3) is 0 Å². The van der Waals surface area contributed by atoms with E-state index in [0.29, 0.717) is 17.6 Å². The van der Waals surface area contributed by atoms with Crippen molar-refractivity contribution in [3.8, 4) is 0 Å². The normalized spacial score (nSPS) is 30.9. The Morgan fingerprint density at radius 1 is 1.12 bits per heavy atom. The van der Waals surface area contributed by atoms with E-state index in [1.165, 1.54) is 11.6 Å². The van der Waals surface area contributed by atoms with Gasteiger partial charge in [-0.2, -0.15) is 0 Å². The van der Waals surface area contributed by atoms with Crippen molar-refractivity contribution in [2.75, 3.05) is 0 Å². The molecule has 2 heterocycles. The standard InChI is InChI=1S/C27H31NO4/c1-15(26-16(2)13-22(29)32-26)9-8-12-20-24-23(17(3)18(4)25(20)30)21(28-27(24)31)14-19-10-6-5-7-11-19/h5-8,10-13,15,17-18,21,23,26H,9,14H2,1-4H3,(H,28,31)/t15-,17+,18+,21-,23-,26+/m0/s1. The highest BCUT2D eigenvalue weighted by atomic mass is 16.5. The third-order valence-corrected chi connectivity index (χ3v) is 7.30. The number of allylic oxidation sites excluding steroid dienone is 3. The van der Waals surface area contributed by atoms with Gasteiger partial charge >= 0.3 is 5.97 Å². The molecule has 1 aliphatic carbocycles. The van der Waals surface area contributed by atoms with Crippen LogP contribution in [0.5, 0.6) is 0 Å². The second-order valence-electron chi connectivity index (χ2n) is 9.50. The molecule has 0 radical (unpaired) electrons. The summed E-state index contributed by atoms with van der Waals surface area (Å²) in [6, 6.07) is 10.1. The molecule has 1 fully saturated rings. The van der Waals surface area contributed by atoms with Gasteiger partial charge in [-0.25, -0.2) is 4.79 Å². The Balaban J connectivity index is 1.57. The Hall–Kier alpha value is -2.95. The smallest absolute Gasteiger partial charge is 0.331 e. The van der Waals surface area contributed by atoms with Crippen molar-refractivity contribution in [1.82, 2.24) is 5.32 Å². The molecule has 0 bridgehead atoms. The van der Waals surface area contributed by atoms with E-state index in [2.05, 4.69) is 24.4 Å². The van der Waals surface area contributed by atoms with Gasteiger partial charge in [0.1, 0.15) is 6.10 Å². The largest absolute Gasteiger partial charge is 0.454 e. The van der Waals surface area contributed by atoms with Crippen molar-refractivity contribution in [1.29, 1.82) is 0 Å². The van der Waals surface area contributed by atoms with Crippen LogP contribution in [-0.2, 0) is 25.5 Å². The molecule has 0 unspecified atom stereocenters. The van der Waals surface area contributed by atoms with E-state index in [-0.39, 0.29) is 53.5 Å². The molecule has 5 nitrogen and oxygen atoms in total. The van der Waals surface area contributed by atoms with Crippen LogP contribution in [0.1, 0.15) is 39.7 Å². The average molecular weight is 434 g/mol. The first-order valence-corrected chi connectivity index (χ1v) is 11.5. The molecule has 6 atom stereocenters. The molecule has 0 spiro atoms. The predicted molar refractivity (Wildman–Crippen MR) is 122 cm³/mol. The summed E-state index contributed by atoms with van der Waals surface area (Å²) < 4.78 is 5.38. The molecule has 1 aromatic carbocycles. The highest BCUT2D eigenvalue weighted by molar-refractivity contribution is 6.11. The fraction of sp³-hybridized carbons (Fsp3) is 0.444. The van der Waals surface area contributed by atoms with E-state index >= 15 is 0 Å². The number of nitrogens with one attached hydrogen (secondary N) is 1. The summed E-state index contributed by atoms with van der Waals surface area (Å²) in [5, 5.41) is 3.15. The Bertz CT molecular complexity index is 1020. The molecule has 0 aromatic heterocycles. The Morgan fingerprint density at radius 2 is 1.84 bits per heavy atom. The Labute approximate surface area is 189 Å². The van der Waals surface area contributed by atoms with Gasteiger partial charge in [-0.1, -0.05) is 63.3 Å². The maximum atomic E-state index is 13.1. The summed E-state index contributed by atoms with van der Waals surface area (Å²) in [5.74, 6) is -0.346. The molecular weight excluding hydrogens is 402 g/mol. The molecular formula is C27H31NO4. The van der Waals surface area contributed by atoms with Crippen LogP contribution in [0.2, 0.25) is 0 Å². The van der Waals surface area contributed by atoms with Gasteiger partial charge in [0.15, 0.2) is 5.78 Å². The number of amides is 1. The number of hydrogen-bond acceptors (Lipinski definition) is 4. The van der Waals surface area contributed by atoms with Crippen LogP contribution in [0, 0.1) is 23.7 Å². The van der Waals surface area contributed by atoms with Crippen molar-refractivity contribution < 1.29 is 19.1 Å². The number of esters is 1. The maximum absolute atomic E-state index is 13.1. The number of hydrogen-bond donors (Lipinski definition) is 1. The highest BCUT2D eigenvalue weighted by Gasteiger charge is 2.48. The minimum atomic E-state index is -0.298. The van der Waals surface area contributed by atoms with Gasteiger partial charge in [0.25, 0.3) is 0 Å². The fourth-order valence-corrected chi connectivity index (χ4v) is 5.37. The summed E-state index contributed by atoms with van der Waals surface area (Å²) in [5.41, 5.74) is 3.27. The number of benzene rings is 1. The molecule has 0 saturated carbocycles. The quantitative estimate of drug-likeness (QED) is 0.690. The van der Waals surface area contributed by atoms with Crippen LogP contribution >= 0.6 is 0 Å². The topological polar surface area (TPSA) is 72.5 Å². The number of fused-ring (bicyclic) bond motifs is 1. The van der Waals surface area contributed by atoms with Crippen LogP contribution < -0.4 is 5.32 Å². The van der Waals surface area contributed by atoms with Crippen molar-refractivity contribution in [3.05, 3.63) is 70.8 Å². The van der Waals surface area contributed by atoms with E-state index in [1.54, 1.807) is 0 Å². The minimum absolute atomic E-state index is 0.00782. The molecule has 3 aliphatic rings. The van der Waals surface area contributed by atoms with Crippen molar-refractivity contribution >= 4 is 17.7 Å². The average Bonchev–Trinajstić information content (AvgIpc) is 3.27. The Kier molecular flexibility index (Phi) is 6.18. The van der Waals surface area contributed by atoms with Gasteiger partial charge in [-0.05, 0) is 36.8 Å². The van der Waals surface area contributed by atoms with Gasteiger partial charge in [-0.3, -0.25) is 9.59 Å². The maximum Gasteiger partial charge on any atom is 0.331 e. The second-order valence-corrected chi connectivity index (χ2v) is 9.50. The zero-order valence-corrected chi connectivity index (χ0v) is 19.1. The Morgan fingerprint density at radius 3 is 2.50 bits per heavy atom. The van der Waals surface area contributed by atoms with Gasteiger partial charge in [0.05, 0.1) is 0 Å². The lowest BCUT2D eigenvalue weighted by Gasteiger charge is -2.34. The molecule has 2 aliphatic heterocycles. The van der Waals surface area contributed by atoms with E-state index in [1.807, 2.05) is 51.1 Å². The van der Waals surface area contributed by atoms with Gasteiger partial charge in [-0.15, -0.1) is 0 Å². The van der Waals surface area contributed by atoms with Crippen LogP contribution in [0.3, 0.4) is 0 Å². The zero-order valence-electron chi connectivity index (χ0n) is 19.1. The van der Waals surface area contributed by atoms with E-state index < -0.39 is 0 Å². The first kappa shape index (κ1) is 22.3. The van der Waals surface area contributed by atoms with Crippen LogP contribution in [0.4, 0.5) is 0 Å². The molecule has 1 aromatic rings. The monoisotopic (exact) mass is 433 g/mol. The summed E-state index contributed by atoms with van der Waals surface area (Å²) in [4.78, 5) is 37.6. The van der Waals surface area contributed by atoms with Gasteiger partial charge in [0.2, 0.25) is 5.91 Å². The first-order chi connectivity index (χ1) is 15.3. The third-order valence-electron chi connectivity index (χ3n) is 7.30. The lowest BCUT2D eigenvalue weighted by molar-refractivity contribution is -0.140. The number of ketones is 1.